The van der Waals surface area contributed by atoms with Crippen molar-refractivity contribution in [2.24, 2.45) is 5.92 Å². The van der Waals surface area contributed by atoms with Gasteiger partial charge in [0.1, 0.15) is 5.82 Å². The van der Waals surface area contributed by atoms with E-state index in [0.717, 1.165) is 23.5 Å². The van der Waals surface area contributed by atoms with Crippen molar-refractivity contribution in [3.05, 3.63) is 70.0 Å². The SMILES string of the molecule is CC(C)Cc1nc(Nc2ccc(Cl)c(Cl)c2)c2nnn(Cc3ccccc3)c2n1. The number of nitrogens with zero attached hydrogens (tertiary/aromatic N) is 5. The summed E-state index contributed by atoms with van der Waals surface area (Å²) in [7, 11) is 0. The van der Waals surface area contributed by atoms with Crippen molar-refractivity contribution in [1.82, 2.24) is 25.0 Å². The van der Waals surface area contributed by atoms with Gasteiger partial charge in [-0.1, -0.05) is 72.6 Å². The van der Waals surface area contributed by atoms with E-state index in [2.05, 4.69) is 41.6 Å². The molecule has 0 aliphatic heterocycles. The minimum Gasteiger partial charge on any atom is -0.338 e. The van der Waals surface area contributed by atoms with Crippen LogP contribution in [0.2, 0.25) is 10.0 Å². The Morgan fingerprint density at radius 1 is 1.00 bits per heavy atom. The fourth-order valence-corrected chi connectivity index (χ4v) is 3.32. The van der Waals surface area contributed by atoms with Crippen LogP contribution in [-0.2, 0) is 13.0 Å². The first-order valence-corrected chi connectivity index (χ1v) is 10.1. The molecule has 0 spiro atoms. The molecule has 148 valence electrons. The maximum absolute atomic E-state index is 6.16. The molecule has 0 aliphatic rings. The molecule has 2 aromatic carbocycles. The average Bonchev–Trinajstić information content (AvgIpc) is 3.08. The fraction of sp³-hybridized carbons (Fsp3) is 0.238. The van der Waals surface area contributed by atoms with Crippen LogP contribution in [0.25, 0.3) is 11.2 Å². The molecule has 0 aliphatic carbocycles. The van der Waals surface area contributed by atoms with Crippen LogP contribution in [0.5, 0.6) is 0 Å². The largest absolute Gasteiger partial charge is 0.338 e. The Kier molecular flexibility index (Phi) is 5.65. The Balaban J connectivity index is 1.76. The van der Waals surface area contributed by atoms with Gasteiger partial charge in [0.05, 0.1) is 16.6 Å². The first-order chi connectivity index (χ1) is 14.0. The lowest BCUT2D eigenvalue weighted by Gasteiger charge is -2.10. The van der Waals surface area contributed by atoms with Crippen molar-refractivity contribution in [3.63, 3.8) is 0 Å². The second-order valence-corrected chi connectivity index (χ2v) is 8.06. The molecule has 0 bridgehead atoms. The van der Waals surface area contributed by atoms with Crippen molar-refractivity contribution in [3.8, 4) is 0 Å². The molecule has 4 rings (SSSR count). The van der Waals surface area contributed by atoms with Crippen LogP contribution in [0.1, 0.15) is 25.2 Å². The van der Waals surface area contributed by atoms with Crippen molar-refractivity contribution in [1.29, 1.82) is 0 Å². The molecule has 0 saturated carbocycles. The topological polar surface area (TPSA) is 68.5 Å². The molecular weight excluding hydrogens is 407 g/mol. The molecule has 1 N–H and O–H groups in total. The summed E-state index contributed by atoms with van der Waals surface area (Å²) in [6, 6.07) is 15.5. The van der Waals surface area contributed by atoms with Crippen LogP contribution in [0.3, 0.4) is 0 Å². The van der Waals surface area contributed by atoms with E-state index >= 15 is 0 Å². The average molecular weight is 427 g/mol. The fourth-order valence-electron chi connectivity index (χ4n) is 3.02. The van der Waals surface area contributed by atoms with Gasteiger partial charge in [-0.25, -0.2) is 14.6 Å². The van der Waals surface area contributed by atoms with Crippen LogP contribution < -0.4 is 5.32 Å². The van der Waals surface area contributed by atoms with Crippen LogP contribution in [0.15, 0.2) is 48.5 Å². The second kappa shape index (κ2) is 8.35. The molecule has 0 atom stereocenters. The first kappa shape index (κ1) is 19.6. The monoisotopic (exact) mass is 426 g/mol. The van der Waals surface area contributed by atoms with Crippen molar-refractivity contribution in [2.45, 2.75) is 26.8 Å². The summed E-state index contributed by atoms with van der Waals surface area (Å²) in [6.07, 6.45) is 0.752. The van der Waals surface area contributed by atoms with Crippen LogP contribution in [-0.4, -0.2) is 25.0 Å². The molecule has 0 radical (unpaired) electrons. The molecule has 8 heteroatoms. The normalized spacial score (nSPS) is 11.3. The lowest BCUT2D eigenvalue weighted by atomic mass is 10.1. The van der Waals surface area contributed by atoms with Gasteiger partial charge >= 0.3 is 0 Å². The zero-order valence-corrected chi connectivity index (χ0v) is 17.6. The number of anilines is 2. The number of fused-ring (bicyclic) bond motifs is 1. The molecule has 6 nitrogen and oxygen atoms in total. The van der Waals surface area contributed by atoms with E-state index < -0.39 is 0 Å². The minimum absolute atomic E-state index is 0.420. The number of hydrogen-bond acceptors (Lipinski definition) is 5. The smallest absolute Gasteiger partial charge is 0.184 e. The van der Waals surface area contributed by atoms with E-state index in [1.165, 1.54) is 0 Å². The Morgan fingerprint density at radius 2 is 1.79 bits per heavy atom. The highest BCUT2D eigenvalue weighted by atomic mass is 35.5. The van der Waals surface area contributed by atoms with Crippen molar-refractivity contribution >= 4 is 45.9 Å². The summed E-state index contributed by atoms with van der Waals surface area (Å²) in [5.41, 5.74) is 3.20. The maximum Gasteiger partial charge on any atom is 0.184 e. The minimum atomic E-state index is 0.420. The van der Waals surface area contributed by atoms with Gasteiger partial charge in [-0.15, -0.1) is 5.10 Å². The van der Waals surface area contributed by atoms with Gasteiger partial charge < -0.3 is 5.32 Å². The molecule has 2 aromatic heterocycles. The van der Waals surface area contributed by atoms with Gasteiger partial charge in [0, 0.05) is 12.1 Å². The molecule has 0 saturated heterocycles. The summed E-state index contributed by atoms with van der Waals surface area (Å²) >= 11 is 12.2. The van der Waals surface area contributed by atoms with E-state index in [0.29, 0.717) is 39.5 Å². The zero-order chi connectivity index (χ0) is 20.4. The molecule has 0 amide bonds. The third-order valence-corrected chi connectivity index (χ3v) is 5.10. The van der Waals surface area contributed by atoms with Crippen LogP contribution in [0, 0.1) is 5.92 Å². The predicted octanol–water partition coefficient (Wildman–Crippen LogP) is 5.52. The molecule has 4 aromatic rings. The van der Waals surface area contributed by atoms with E-state index in [9.17, 15) is 0 Å². The summed E-state index contributed by atoms with van der Waals surface area (Å²) in [6.45, 7) is 4.86. The standard InChI is InChI=1S/C21H20Cl2N6/c1-13(2)10-18-25-20(24-15-8-9-16(22)17(23)11-15)19-21(26-18)29(28-27-19)12-14-6-4-3-5-7-14/h3-9,11,13H,10,12H2,1-2H3,(H,24,25,26). The Labute approximate surface area is 178 Å². The van der Waals surface area contributed by atoms with E-state index in [4.69, 9.17) is 33.2 Å². The molecule has 2 heterocycles. The van der Waals surface area contributed by atoms with Gasteiger partial charge in [0.2, 0.25) is 0 Å². The van der Waals surface area contributed by atoms with Gasteiger partial charge in [-0.2, -0.15) is 0 Å². The Bertz CT molecular complexity index is 1140. The van der Waals surface area contributed by atoms with Crippen LogP contribution >= 0.6 is 23.2 Å². The van der Waals surface area contributed by atoms with E-state index in [1.54, 1.807) is 16.8 Å². The lowest BCUT2D eigenvalue weighted by Crippen LogP contribution is -2.08. The highest BCUT2D eigenvalue weighted by Crippen LogP contribution is 2.28. The third-order valence-electron chi connectivity index (χ3n) is 4.36. The molecule has 0 fully saturated rings. The predicted molar refractivity (Wildman–Crippen MR) is 117 cm³/mol. The second-order valence-electron chi connectivity index (χ2n) is 7.25. The first-order valence-electron chi connectivity index (χ1n) is 9.35. The highest BCUT2D eigenvalue weighted by molar-refractivity contribution is 6.42. The number of benzene rings is 2. The number of aromatic nitrogens is 5. The van der Waals surface area contributed by atoms with Gasteiger partial charge in [0.15, 0.2) is 17.0 Å². The zero-order valence-electron chi connectivity index (χ0n) is 16.1. The number of halogens is 2. The molecule has 0 unspecified atom stereocenters. The third kappa shape index (κ3) is 4.49. The summed E-state index contributed by atoms with van der Waals surface area (Å²) in [4.78, 5) is 9.44. The maximum atomic E-state index is 6.16. The lowest BCUT2D eigenvalue weighted by molar-refractivity contribution is 0.618. The van der Waals surface area contributed by atoms with E-state index in [1.807, 2.05) is 24.3 Å². The number of rotatable bonds is 6. The Morgan fingerprint density at radius 3 is 2.52 bits per heavy atom. The number of hydrogen-bond donors (Lipinski definition) is 1. The van der Waals surface area contributed by atoms with Crippen LogP contribution in [0.4, 0.5) is 11.5 Å². The molecule has 29 heavy (non-hydrogen) atoms. The van der Waals surface area contributed by atoms with E-state index in [-0.39, 0.29) is 0 Å². The molecular formula is C21H20Cl2N6. The quantitative estimate of drug-likeness (QED) is 0.439. The van der Waals surface area contributed by atoms with Crippen molar-refractivity contribution in [2.75, 3.05) is 5.32 Å². The van der Waals surface area contributed by atoms with Gasteiger partial charge in [-0.05, 0) is 29.7 Å². The summed E-state index contributed by atoms with van der Waals surface area (Å²) < 4.78 is 1.80. The highest BCUT2D eigenvalue weighted by Gasteiger charge is 2.16. The summed E-state index contributed by atoms with van der Waals surface area (Å²) in [5.74, 6) is 1.76. The number of nitrogens with one attached hydrogen (secondary N) is 1. The Hall–Kier alpha value is -2.70. The van der Waals surface area contributed by atoms with Crippen molar-refractivity contribution < 1.29 is 0 Å². The summed E-state index contributed by atoms with van der Waals surface area (Å²) in [5, 5.41) is 12.9. The van der Waals surface area contributed by atoms with Gasteiger partial charge in [-0.3, -0.25) is 0 Å². The van der Waals surface area contributed by atoms with Gasteiger partial charge in [0.25, 0.3) is 0 Å².